The number of carbonyl (C=O) groups is 1. The molecule has 0 radical (unpaired) electrons. The lowest BCUT2D eigenvalue weighted by atomic mass is 9.86. The number of fused-ring (bicyclic) bond motifs is 2. The van der Waals surface area contributed by atoms with Gasteiger partial charge in [-0.05, 0) is 23.1 Å². The quantitative estimate of drug-likeness (QED) is 0.909. The first kappa shape index (κ1) is 15.2. The number of allylic oxidation sites excluding steroid dienone is 5. The fraction of sp³-hybridized carbons (Fsp3) is 0.286. The van der Waals surface area contributed by atoms with E-state index >= 15 is 0 Å². The van der Waals surface area contributed by atoms with Crippen molar-refractivity contribution in [3.8, 4) is 0 Å². The zero-order chi connectivity index (χ0) is 16.4. The molecule has 3 nitrogen and oxygen atoms in total. The van der Waals surface area contributed by atoms with Gasteiger partial charge in [0.2, 0.25) is 0 Å². The number of likely N-dealkylation sites (tertiary alicyclic amines) is 1. The lowest BCUT2D eigenvalue weighted by molar-refractivity contribution is -0.117. The largest absolute Gasteiger partial charge is 0.352 e. The average molecular weight is 318 g/mol. The number of nitrogens with one attached hydrogen (secondary N) is 1. The van der Waals surface area contributed by atoms with Crippen LogP contribution in [0.15, 0.2) is 77.9 Å². The van der Waals surface area contributed by atoms with E-state index in [2.05, 4.69) is 46.6 Å². The van der Waals surface area contributed by atoms with E-state index in [1.54, 1.807) is 0 Å². The summed E-state index contributed by atoms with van der Waals surface area (Å²) in [5.74, 6) is 0.951. The van der Waals surface area contributed by atoms with Gasteiger partial charge >= 0.3 is 0 Å². The van der Waals surface area contributed by atoms with Crippen molar-refractivity contribution in [1.29, 1.82) is 0 Å². The Hall–Kier alpha value is -2.39. The maximum atomic E-state index is 12.4. The highest BCUT2D eigenvalue weighted by atomic mass is 16.1. The molecule has 2 atom stereocenters. The molecular weight excluding hydrogens is 296 g/mol. The van der Waals surface area contributed by atoms with Gasteiger partial charge in [-0.1, -0.05) is 60.7 Å². The summed E-state index contributed by atoms with van der Waals surface area (Å²) in [6, 6.07) is 10.6. The molecular formula is C21H22N2O. The first-order chi connectivity index (χ1) is 11.8. The van der Waals surface area contributed by atoms with Crippen molar-refractivity contribution in [2.75, 3.05) is 19.6 Å². The van der Waals surface area contributed by atoms with E-state index in [0.717, 1.165) is 31.8 Å². The molecule has 24 heavy (non-hydrogen) atoms. The minimum atomic E-state index is 0.0604. The molecule has 0 aromatic heterocycles. The molecule has 1 N–H and O–H groups in total. The van der Waals surface area contributed by atoms with E-state index in [9.17, 15) is 4.79 Å². The highest BCUT2D eigenvalue weighted by molar-refractivity contribution is 5.98. The number of nitrogens with zero attached hydrogens (tertiary/aromatic N) is 1. The molecule has 1 saturated heterocycles. The van der Waals surface area contributed by atoms with Crippen LogP contribution in [-0.4, -0.2) is 30.4 Å². The Morgan fingerprint density at radius 3 is 2.62 bits per heavy atom. The van der Waals surface area contributed by atoms with Gasteiger partial charge in [-0.15, -0.1) is 0 Å². The number of amides is 1. The van der Waals surface area contributed by atoms with E-state index in [0.29, 0.717) is 11.8 Å². The number of hydrogen-bond acceptors (Lipinski definition) is 2. The van der Waals surface area contributed by atoms with Crippen LogP contribution in [0.1, 0.15) is 5.56 Å². The molecule has 3 aliphatic rings. The molecule has 2 unspecified atom stereocenters. The molecule has 1 fully saturated rings. The lowest BCUT2D eigenvalue weighted by Crippen LogP contribution is -2.30. The lowest BCUT2D eigenvalue weighted by Gasteiger charge is -2.18. The smallest absolute Gasteiger partial charge is 0.251 e. The van der Waals surface area contributed by atoms with Gasteiger partial charge in [0.1, 0.15) is 0 Å². The average Bonchev–Trinajstić information content (AvgIpc) is 2.91. The Morgan fingerprint density at radius 2 is 1.79 bits per heavy atom. The summed E-state index contributed by atoms with van der Waals surface area (Å²) in [5, 5.41) is 3.12. The normalized spacial score (nSPS) is 29.1. The zero-order valence-corrected chi connectivity index (χ0v) is 13.7. The standard InChI is InChI=1S/C21H22N2O/c24-21-19-11-7-2-1-6-10-18(19)20-15-23(14-17(20)12-22-21)13-16-8-4-3-5-9-16/h1-11,17,20H,12-15H2,(H,22,24)/b2-1-,6-1?,7-2?,10-6?,11-7-,18-10?,19-11?. The van der Waals surface area contributed by atoms with Crippen molar-refractivity contribution in [2.45, 2.75) is 6.54 Å². The molecule has 2 aliphatic heterocycles. The molecule has 122 valence electrons. The number of benzene rings is 1. The molecule has 1 aromatic rings. The van der Waals surface area contributed by atoms with Crippen LogP contribution >= 0.6 is 0 Å². The van der Waals surface area contributed by atoms with Gasteiger partial charge in [-0.2, -0.15) is 0 Å². The predicted molar refractivity (Wildman–Crippen MR) is 96.2 cm³/mol. The fourth-order valence-corrected chi connectivity index (χ4v) is 3.96. The van der Waals surface area contributed by atoms with Gasteiger partial charge in [-0.3, -0.25) is 9.69 Å². The maximum Gasteiger partial charge on any atom is 0.251 e. The van der Waals surface area contributed by atoms with Crippen molar-refractivity contribution >= 4 is 5.91 Å². The molecule has 0 saturated carbocycles. The van der Waals surface area contributed by atoms with Gasteiger partial charge in [-0.25, -0.2) is 0 Å². The molecule has 3 heteroatoms. The van der Waals surface area contributed by atoms with E-state index in [1.165, 1.54) is 11.1 Å². The molecule has 4 rings (SSSR count). The van der Waals surface area contributed by atoms with Crippen molar-refractivity contribution in [3.63, 3.8) is 0 Å². The van der Waals surface area contributed by atoms with Gasteiger partial charge in [0, 0.05) is 37.7 Å². The van der Waals surface area contributed by atoms with E-state index in [-0.39, 0.29) is 5.91 Å². The van der Waals surface area contributed by atoms with E-state index in [4.69, 9.17) is 0 Å². The van der Waals surface area contributed by atoms with Gasteiger partial charge < -0.3 is 5.32 Å². The number of hydrogen-bond donors (Lipinski definition) is 1. The summed E-state index contributed by atoms with van der Waals surface area (Å²) >= 11 is 0. The second kappa shape index (κ2) is 6.62. The Balaban J connectivity index is 1.60. The van der Waals surface area contributed by atoms with Crippen LogP contribution in [0.5, 0.6) is 0 Å². The van der Waals surface area contributed by atoms with E-state index in [1.807, 2.05) is 30.4 Å². The minimum Gasteiger partial charge on any atom is -0.352 e. The minimum absolute atomic E-state index is 0.0604. The summed E-state index contributed by atoms with van der Waals surface area (Å²) in [6.07, 6.45) is 12.1. The summed E-state index contributed by atoms with van der Waals surface area (Å²) in [4.78, 5) is 14.9. The highest BCUT2D eigenvalue weighted by Crippen LogP contribution is 2.35. The molecule has 0 spiro atoms. The van der Waals surface area contributed by atoms with Gasteiger partial charge in [0.25, 0.3) is 5.91 Å². The summed E-state index contributed by atoms with van der Waals surface area (Å²) in [5.41, 5.74) is 3.36. The fourth-order valence-electron chi connectivity index (χ4n) is 3.96. The molecule has 1 aromatic carbocycles. The second-order valence-electron chi connectivity index (χ2n) is 6.73. The third-order valence-corrected chi connectivity index (χ3v) is 5.12. The molecule has 1 aliphatic carbocycles. The maximum absolute atomic E-state index is 12.4. The molecule has 0 bridgehead atoms. The third kappa shape index (κ3) is 3.00. The Bertz CT molecular complexity index is 742. The monoisotopic (exact) mass is 318 g/mol. The van der Waals surface area contributed by atoms with Crippen molar-refractivity contribution in [1.82, 2.24) is 10.2 Å². The SMILES string of the molecule is O=C1NCC2CN(Cc3ccccc3)CC2C2=C1/C=C\C=C/C=C2. The summed E-state index contributed by atoms with van der Waals surface area (Å²) < 4.78 is 0. The molecule has 1 amide bonds. The van der Waals surface area contributed by atoms with Crippen LogP contribution in [0.2, 0.25) is 0 Å². The Kier molecular flexibility index (Phi) is 4.18. The first-order valence-corrected chi connectivity index (χ1v) is 8.61. The van der Waals surface area contributed by atoms with Crippen LogP contribution in [0.25, 0.3) is 0 Å². The van der Waals surface area contributed by atoms with Crippen LogP contribution in [0.3, 0.4) is 0 Å². The zero-order valence-electron chi connectivity index (χ0n) is 13.7. The predicted octanol–water partition coefficient (Wildman–Crippen LogP) is 2.84. The van der Waals surface area contributed by atoms with Crippen molar-refractivity contribution in [3.05, 3.63) is 83.5 Å². The Labute approximate surface area is 143 Å². The Morgan fingerprint density at radius 1 is 1.00 bits per heavy atom. The second-order valence-corrected chi connectivity index (χ2v) is 6.73. The highest BCUT2D eigenvalue weighted by Gasteiger charge is 2.38. The van der Waals surface area contributed by atoms with Crippen molar-refractivity contribution in [2.24, 2.45) is 11.8 Å². The first-order valence-electron chi connectivity index (χ1n) is 8.61. The third-order valence-electron chi connectivity index (χ3n) is 5.12. The summed E-state index contributed by atoms with van der Waals surface area (Å²) in [7, 11) is 0. The van der Waals surface area contributed by atoms with Gasteiger partial charge in [0.05, 0.1) is 0 Å². The van der Waals surface area contributed by atoms with E-state index < -0.39 is 0 Å². The molecule has 2 heterocycles. The van der Waals surface area contributed by atoms with Crippen LogP contribution in [-0.2, 0) is 11.3 Å². The van der Waals surface area contributed by atoms with Crippen LogP contribution in [0, 0.1) is 11.8 Å². The number of carbonyl (C=O) groups excluding carboxylic acids is 1. The summed E-state index contributed by atoms with van der Waals surface area (Å²) in [6.45, 7) is 3.78. The topological polar surface area (TPSA) is 32.3 Å². The number of rotatable bonds is 2. The van der Waals surface area contributed by atoms with Crippen LogP contribution in [0.4, 0.5) is 0 Å². The van der Waals surface area contributed by atoms with Gasteiger partial charge in [0.15, 0.2) is 0 Å². The van der Waals surface area contributed by atoms with Crippen LogP contribution < -0.4 is 5.32 Å². The van der Waals surface area contributed by atoms with Crippen molar-refractivity contribution < 1.29 is 4.79 Å².